The first-order valence-corrected chi connectivity index (χ1v) is 6.83. The van der Waals surface area contributed by atoms with Crippen LogP contribution in [-0.4, -0.2) is 6.61 Å². The molecular weight excluding hydrogens is 253 g/mol. The molecule has 0 fully saturated rings. The van der Waals surface area contributed by atoms with E-state index in [0.29, 0.717) is 13.0 Å². The van der Waals surface area contributed by atoms with E-state index in [0.717, 1.165) is 22.4 Å². The highest BCUT2D eigenvalue weighted by atomic mass is 19.1. The summed E-state index contributed by atoms with van der Waals surface area (Å²) in [6.07, 6.45) is 0.623. The van der Waals surface area contributed by atoms with Crippen LogP contribution in [0.1, 0.15) is 29.7 Å². The minimum atomic E-state index is -0.218. The first kappa shape index (κ1) is 14.5. The van der Waals surface area contributed by atoms with Crippen LogP contribution in [0.2, 0.25) is 0 Å². The number of ether oxygens (including phenoxy) is 1. The van der Waals surface area contributed by atoms with Crippen LogP contribution in [0.4, 0.5) is 4.39 Å². The molecule has 0 aliphatic carbocycles. The lowest BCUT2D eigenvalue weighted by molar-refractivity contribution is 0.340. The average Bonchev–Trinajstić information content (AvgIpc) is 2.44. The van der Waals surface area contributed by atoms with Crippen molar-refractivity contribution < 1.29 is 9.13 Å². The van der Waals surface area contributed by atoms with Gasteiger partial charge in [0.15, 0.2) is 0 Å². The van der Waals surface area contributed by atoms with Crippen molar-refractivity contribution in [1.29, 1.82) is 0 Å². The molecule has 0 aliphatic rings. The Morgan fingerprint density at radius 1 is 1.15 bits per heavy atom. The van der Waals surface area contributed by atoms with Crippen molar-refractivity contribution in [3.8, 4) is 5.75 Å². The van der Waals surface area contributed by atoms with Gasteiger partial charge < -0.3 is 10.5 Å². The third-order valence-corrected chi connectivity index (χ3v) is 3.37. The molecule has 0 aromatic heterocycles. The molecule has 0 bridgehead atoms. The van der Waals surface area contributed by atoms with E-state index in [1.165, 1.54) is 6.07 Å². The zero-order valence-electron chi connectivity index (χ0n) is 11.9. The maximum absolute atomic E-state index is 13.3. The second-order valence-corrected chi connectivity index (χ2v) is 4.88. The molecular formula is C17H20FNO. The van der Waals surface area contributed by atoms with Gasteiger partial charge in [0.05, 0.1) is 6.61 Å². The Morgan fingerprint density at radius 3 is 2.50 bits per heavy atom. The maximum atomic E-state index is 13.3. The molecule has 1 atom stereocenters. The Kier molecular flexibility index (Phi) is 4.74. The van der Waals surface area contributed by atoms with Crippen LogP contribution in [0.15, 0.2) is 42.5 Å². The molecule has 0 amide bonds. The average molecular weight is 273 g/mol. The SMILES string of the molecule is CCOc1ccc(C(N)Cc2cc(F)ccc2C)cc1. The molecule has 2 rings (SSSR count). The number of hydrogen-bond donors (Lipinski definition) is 1. The fraction of sp³-hybridized carbons (Fsp3) is 0.294. The molecule has 3 heteroatoms. The van der Waals surface area contributed by atoms with Crippen LogP contribution < -0.4 is 10.5 Å². The lowest BCUT2D eigenvalue weighted by Crippen LogP contribution is -2.14. The number of halogens is 1. The van der Waals surface area contributed by atoms with Crippen molar-refractivity contribution in [3.63, 3.8) is 0 Å². The molecule has 106 valence electrons. The van der Waals surface area contributed by atoms with Crippen LogP contribution in [-0.2, 0) is 6.42 Å². The molecule has 0 saturated heterocycles. The van der Waals surface area contributed by atoms with Crippen molar-refractivity contribution in [2.75, 3.05) is 6.61 Å². The number of benzene rings is 2. The molecule has 0 radical (unpaired) electrons. The van der Waals surface area contributed by atoms with Gasteiger partial charge in [-0.05, 0) is 61.2 Å². The monoisotopic (exact) mass is 273 g/mol. The molecule has 2 aromatic carbocycles. The molecule has 0 aliphatic heterocycles. The van der Waals surface area contributed by atoms with Gasteiger partial charge in [-0.25, -0.2) is 4.39 Å². The largest absolute Gasteiger partial charge is 0.494 e. The van der Waals surface area contributed by atoms with E-state index in [4.69, 9.17) is 10.5 Å². The predicted molar refractivity (Wildman–Crippen MR) is 79.4 cm³/mol. The Labute approximate surface area is 119 Å². The summed E-state index contributed by atoms with van der Waals surface area (Å²) < 4.78 is 18.7. The number of nitrogens with two attached hydrogens (primary N) is 1. The summed E-state index contributed by atoms with van der Waals surface area (Å²) in [5.41, 5.74) is 9.24. The van der Waals surface area contributed by atoms with Gasteiger partial charge in [0, 0.05) is 6.04 Å². The van der Waals surface area contributed by atoms with Crippen molar-refractivity contribution in [1.82, 2.24) is 0 Å². The first-order chi connectivity index (χ1) is 9.60. The zero-order chi connectivity index (χ0) is 14.5. The van der Waals surface area contributed by atoms with E-state index < -0.39 is 0 Å². The van der Waals surface area contributed by atoms with Crippen LogP contribution in [0, 0.1) is 12.7 Å². The highest BCUT2D eigenvalue weighted by molar-refractivity contribution is 5.32. The van der Waals surface area contributed by atoms with Gasteiger partial charge >= 0.3 is 0 Å². The van der Waals surface area contributed by atoms with Crippen molar-refractivity contribution >= 4 is 0 Å². The molecule has 0 saturated carbocycles. The highest BCUT2D eigenvalue weighted by Gasteiger charge is 2.10. The van der Waals surface area contributed by atoms with Gasteiger partial charge in [-0.15, -0.1) is 0 Å². The van der Waals surface area contributed by atoms with Crippen LogP contribution in [0.25, 0.3) is 0 Å². The van der Waals surface area contributed by atoms with E-state index in [1.54, 1.807) is 12.1 Å². The van der Waals surface area contributed by atoms with Crippen molar-refractivity contribution in [2.24, 2.45) is 5.73 Å². The Balaban J connectivity index is 2.11. The quantitative estimate of drug-likeness (QED) is 0.900. The fourth-order valence-corrected chi connectivity index (χ4v) is 2.19. The van der Waals surface area contributed by atoms with E-state index >= 15 is 0 Å². The normalized spacial score (nSPS) is 12.2. The third-order valence-electron chi connectivity index (χ3n) is 3.37. The Hall–Kier alpha value is -1.87. The fourth-order valence-electron chi connectivity index (χ4n) is 2.19. The molecule has 0 spiro atoms. The van der Waals surface area contributed by atoms with Crippen molar-refractivity contribution in [3.05, 3.63) is 65.0 Å². The molecule has 20 heavy (non-hydrogen) atoms. The van der Waals surface area contributed by atoms with Crippen molar-refractivity contribution in [2.45, 2.75) is 26.3 Å². The van der Waals surface area contributed by atoms with Crippen LogP contribution >= 0.6 is 0 Å². The molecule has 2 aromatic rings. The van der Waals surface area contributed by atoms with Gasteiger partial charge in [0.2, 0.25) is 0 Å². The summed E-state index contributed by atoms with van der Waals surface area (Å²) in [5.74, 6) is 0.620. The minimum absolute atomic E-state index is 0.147. The second kappa shape index (κ2) is 6.53. The number of rotatable bonds is 5. The van der Waals surface area contributed by atoms with Crippen LogP contribution in [0.5, 0.6) is 5.75 Å². The molecule has 2 nitrogen and oxygen atoms in total. The van der Waals surface area contributed by atoms with Gasteiger partial charge in [-0.1, -0.05) is 18.2 Å². The lowest BCUT2D eigenvalue weighted by Gasteiger charge is -2.14. The Bertz CT molecular complexity index is 566. The second-order valence-electron chi connectivity index (χ2n) is 4.88. The predicted octanol–water partition coefficient (Wildman–Crippen LogP) is 3.78. The maximum Gasteiger partial charge on any atom is 0.123 e. The van der Waals surface area contributed by atoms with Gasteiger partial charge in [0.25, 0.3) is 0 Å². The standard InChI is InChI=1S/C17H20FNO/c1-3-20-16-8-5-13(6-9-16)17(19)11-14-10-15(18)7-4-12(14)2/h4-10,17H,3,11,19H2,1-2H3. The summed E-state index contributed by atoms with van der Waals surface area (Å²) in [5, 5.41) is 0. The van der Waals surface area contributed by atoms with Gasteiger partial charge in [-0.2, -0.15) is 0 Å². The minimum Gasteiger partial charge on any atom is -0.494 e. The number of hydrogen-bond acceptors (Lipinski definition) is 2. The van der Waals surface area contributed by atoms with E-state index in [1.807, 2.05) is 38.1 Å². The summed E-state index contributed by atoms with van der Waals surface area (Å²) in [6, 6.07) is 12.4. The first-order valence-electron chi connectivity index (χ1n) is 6.83. The summed E-state index contributed by atoms with van der Waals surface area (Å²) in [7, 11) is 0. The van der Waals surface area contributed by atoms with E-state index in [2.05, 4.69) is 0 Å². The molecule has 0 heterocycles. The lowest BCUT2D eigenvalue weighted by atomic mass is 9.96. The summed E-state index contributed by atoms with van der Waals surface area (Å²) in [6.45, 7) is 4.57. The van der Waals surface area contributed by atoms with Gasteiger partial charge in [-0.3, -0.25) is 0 Å². The third kappa shape index (κ3) is 3.58. The number of aryl methyl sites for hydroxylation is 1. The zero-order valence-corrected chi connectivity index (χ0v) is 11.9. The summed E-state index contributed by atoms with van der Waals surface area (Å²) in [4.78, 5) is 0. The Morgan fingerprint density at radius 2 is 1.85 bits per heavy atom. The summed E-state index contributed by atoms with van der Waals surface area (Å²) >= 11 is 0. The smallest absolute Gasteiger partial charge is 0.123 e. The van der Waals surface area contributed by atoms with Crippen LogP contribution in [0.3, 0.4) is 0 Å². The van der Waals surface area contributed by atoms with E-state index in [9.17, 15) is 4.39 Å². The molecule has 1 unspecified atom stereocenters. The van der Waals surface area contributed by atoms with E-state index in [-0.39, 0.29) is 11.9 Å². The van der Waals surface area contributed by atoms with Gasteiger partial charge in [0.1, 0.15) is 11.6 Å². The topological polar surface area (TPSA) is 35.2 Å². The molecule has 2 N–H and O–H groups in total. The highest BCUT2D eigenvalue weighted by Crippen LogP contribution is 2.21.